The average molecular weight is 274 g/mol. The van der Waals surface area contributed by atoms with Crippen molar-refractivity contribution in [1.82, 2.24) is 10.3 Å². The van der Waals surface area contributed by atoms with Gasteiger partial charge in [-0.15, -0.1) is 0 Å². The van der Waals surface area contributed by atoms with Crippen LogP contribution in [0.2, 0.25) is 0 Å². The van der Waals surface area contributed by atoms with Gasteiger partial charge >= 0.3 is 6.09 Å². The van der Waals surface area contributed by atoms with Crippen LogP contribution in [0.4, 0.5) is 4.79 Å². The second-order valence-corrected chi connectivity index (χ2v) is 4.91. The molecule has 1 N–H and O–H groups in total. The monoisotopic (exact) mass is 274 g/mol. The van der Waals surface area contributed by atoms with Gasteiger partial charge in [-0.05, 0) is 29.7 Å². The van der Waals surface area contributed by atoms with Crippen LogP contribution in [0.3, 0.4) is 0 Å². The summed E-state index contributed by atoms with van der Waals surface area (Å²) in [6.07, 6.45) is 4.63. The van der Waals surface area contributed by atoms with Crippen molar-refractivity contribution in [2.75, 3.05) is 6.61 Å². The van der Waals surface area contributed by atoms with E-state index >= 15 is 0 Å². The van der Waals surface area contributed by atoms with Crippen LogP contribution in [-0.2, 0) is 11.3 Å². The Morgan fingerprint density at radius 2 is 2.30 bits per heavy atom. The van der Waals surface area contributed by atoms with E-state index in [0.717, 1.165) is 16.9 Å². The molecule has 0 bridgehead atoms. The summed E-state index contributed by atoms with van der Waals surface area (Å²) in [6, 6.07) is 5.61. The van der Waals surface area contributed by atoms with Gasteiger partial charge in [-0.2, -0.15) is 0 Å². The zero-order chi connectivity index (χ0) is 14.4. The molecule has 20 heavy (non-hydrogen) atoms. The van der Waals surface area contributed by atoms with Crippen LogP contribution >= 0.6 is 0 Å². The summed E-state index contributed by atoms with van der Waals surface area (Å²) in [5.74, 6) is 1.08. The van der Waals surface area contributed by atoms with Gasteiger partial charge < -0.3 is 14.5 Å². The van der Waals surface area contributed by atoms with Crippen molar-refractivity contribution in [2.45, 2.75) is 20.4 Å². The molecule has 106 valence electrons. The molecule has 5 nitrogen and oxygen atoms in total. The maximum atomic E-state index is 11.5. The Kier molecular flexibility index (Phi) is 4.76. The lowest BCUT2D eigenvalue weighted by atomic mass is 10.1. The summed E-state index contributed by atoms with van der Waals surface area (Å²) in [5.41, 5.74) is 1.77. The number of nitrogens with one attached hydrogen (secondary N) is 1. The molecule has 2 aromatic rings. The maximum Gasteiger partial charge on any atom is 0.407 e. The van der Waals surface area contributed by atoms with Gasteiger partial charge in [0.15, 0.2) is 0 Å². The van der Waals surface area contributed by atoms with Crippen LogP contribution < -0.4 is 5.32 Å². The SMILES string of the molecule is CC(C)COC(=O)NCc1cncc(-c2ccco2)c1. The molecular weight excluding hydrogens is 256 g/mol. The molecule has 0 aromatic carbocycles. The summed E-state index contributed by atoms with van der Waals surface area (Å²) >= 11 is 0. The Labute approximate surface area is 118 Å². The minimum Gasteiger partial charge on any atom is -0.464 e. The normalized spacial score (nSPS) is 10.6. The van der Waals surface area contributed by atoms with Gasteiger partial charge in [-0.25, -0.2) is 4.79 Å². The summed E-state index contributed by atoms with van der Waals surface area (Å²) in [4.78, 5) is 15.6. The Balaban J connectivity index is 1.90. The summed E-state index contributed by atoms with van der Waals surface area (Å²) in [6.45, 7) is 4.77. The highest BCUT2D eigenvalue weighted by Gasteiger charge is 2.06. The van der Waals surface area contributed by atoms with E-state index in [1.165, 1.54) is 0 Å². The molecule has 0 atom stereocenters. The third-order valence-electron chi connectivity index (χ3n) is 2.59. The summed E-state index contributed by atoms with van der Waals surface area (Å²) in [7, 11) is 0. The van der Waals surface area contributed by atoms with Gasteiger partial charge in [0.25, 0.3) is 0 Å². The zero-order valence-electron chi connectivity index (χ0n) is 11.6. The molecule has 0 unspecified atom stereocenters. The van der Waals surface area contributed by atoms with Crippen LogP contribution in [0.5, 0.6) is 0 Å². The third kappa shape index (κ3) is 4.12. The molecule has 0 spiro atoms. The minimum atomic E-state index is -0.415. The molecular formula is C15H18N2O3. The molecule has 0 radical (unpaired) electrons. The van der Waals surface area contributed by atoms with Gasteiger partial charge in [0.05, 0.1) is 12.9 Å². The number of ether oxygens (including phenoxy) is 1. The van der Waals surface area contributed by atoms with E-state index in [1.807, 2.05) is 32.0 Å². The molecule has 1 amide bonds. The Morgan fingerprint density at radius 3 is 3.00 bits per heavy atom. The number of hydrogen-bond acceptors (Lipinski definition) is 4. The van der Waals surface area contributed by atoms with Crippen molar-refractivity contribution in [1.29, 1.82) is 0 Å². The number of rotatable bonds is 5. The van der Waals surface area contributed by atoms with Crippen molar-refractivity contribution in [3.63, 3.8) is 0 Å². The van der Waals surface area contributed by atoms with Gasteiger partial charge in [0.2, 0.25) is 0 Å². The Morgan fingerprint density at radius 1 is 1.45 bits per heavy atom. The predicted molar refractivity (Wildman–Crippen MR) is 75.0 cm³/mol. The van der Waals surface area contributed by atoms with Gasteiger partial charge in [-0.1, -0.05) is 13.8 Å². The lowest BCUT2D eigenvalue weighted by Gasteiger charge is -2.09. The first-order valence-electron chi connectivity index (χ1n) is 6.53. The zero-order valence-corrected chi connectivity index (χ0v) is 11.6. The van der Waals surface area contributed by atoms with Crippen molar-refractivity contribution < 1.29 is 13.9 Å². The van der Waals surface area contributed by atoms with Gasteiger partial charge in [0.1, 0.15) is 5.76 Å². The molecule has 0 saturated heterocycles. The van der Waals surface area contributed by atoms with Crippen molar-refractivity contribution >= 4 is 6.09 Å². The van der Waals surface area contributed by atoms with E-state index in [1.54, 1.807) is 18.7 Å². The molecule has 2 rings (SSSR count). The van der Waals surface area contributed by atoms with E-state index in [-0.39, 0.29) is 0 Å². The smallest absolute Gasteiger partial charge is 0.407 e. The number of amides is 1. The van der Waals surface area contributed by atoms with E-state index in [2.05, 4.69) is 10.3 Å². The van der Waals surface area contributed by atoms with Crippen molar-refractivity contribution in [3.05, 3.63) is 42.4 Å². The summed E-state index contributed by atoms with van der Waals surface area (Å²) < 4.78 is 10.4. The molecule has 0 aliphatic rings. The number of carbonyl (C=O) groups excluding carboxylic acids is 1. The molecule has 0 aliphatic carbocycles. The molecule has 0 fully saturated rings. The van der Waals surface area contributed by atoms with Crippen molar-refractivity contribution in [3.8, 4) is 11.3 Å². The van der Waals surface area contributed by atoms with E-state index in [4.69, 9.17) is 9.15 Å². The Hall–Kier alpha value is -2.30. The number of pyridine rings is 1. The fourth-order valence-corrected chi connectivity index (χ4v) is 1.63. The van der Waals surface area contributed by atoms with Crippen LogP contribution in [0.15, 0.2) is 41.3 Å². The number of aromatic nitrogens is 1. The molecule has 0 saturated carbocycles. The highest BCUT2D eigenvalue weighted by molar-refractivity contribution is 5.67. The third-order valence-corrected chi connectivity index (χ3v) is 2.59. The van der Waals surface area contributed by atoms with Crippen LogP contribution in [-0.4, -0.2) is 17.7 Å². The molecule has 2 aromatic heterocycles. The second kappa shape index (κ2) is 6.75. The first-order valence-corrected chi connectivity index (χ1v) is 6.53. The number of hydrogen-bond donors (Lipinski definition) is 1. The number of carbonyl (C=O) groups is 1. The largest absolute Gasteiger partial charge is 0.464 e. The molecule has 2 heterocycles. The van der Waals surface area contributed by atoms with E-state index < -0.39 is 6.09 Å². The first-order chi connectivity index (χ1) is 9.65. The van der Waals surface area contributed by atoms with E-state index in [9.17, 15) is 4.79 Å². The van der Waals surface area contributed by atoms with Crippen molar-refractivity contribution in [2.24, 2.45) is 5.92 Å². The average Bonchev–Trinajstić information content (AvgIpc) is 2.97. The predicted octanol–water partition coefficient (Wildman–Crippen LogP) is 3.22. The fraction of sp³-hybridized carbons (Fsp3) is 0.333. The number of nitrogens with zero attached hydrogens (tertiary/aromatic N) is 1. The van der Waals surface area contributed by atoms with Gasteiger partial charge in [-0.3, -0.25) is 4.98 Å². The highest BCUT2D eigenvalue weighted by Crippen LogP contribution is 2.19. The van der Waals surface area contributed by atoms with Gasteiger partial charge in [0, 0.05) is 24.5 Å². The lowest BCUT2D eigenvalue weighted by Crippen LogP contribution is -2.25. The lowest BCUT2D eigenvalue weighted by molar-refractivity contribution is 0.132. The second-order valence-electron chi connectivity index (χ2n) is 4.91. The minimum absolute atomic E-state index is 0.324. The topological polar surface area (TPSA) is 64.4 Å². The maximum absolute atomic E-state index is 11.5. The Bertz CT molecular complexity index is 550. The van der Waals surface area contributed by atoms with Crippen LogP contribution in [0.25, 0.3) is 11.3 Å². The van der Waals surface area contributed by atoms with Crippen LogP contribution in [0, 0.1) is 5.92 Å². The van der Waals surface area contributed by atoms with E-state index in [0.29, 0.717) is 19.1 Å². The van der Waals surface area contributed by atoms with Crippen LogP contribution in [0.1, 0.15) is 19.4 Å². The summed E-state index contributed by atoms with van der Waals surface area (Å²) in [5, 5.41) is 2.70. The molecule has 5 heteroatoms. The first kappa shape index (κ1) is 14.1. The number of alkyl carbamates (subject to hydrolysis) is 1. The standard InChI is InChI=1S/C15H18N2O3/c1-11(2)10-20-15(18)17-8-12-6-13(9-16-7-12)14-4-3-5-19-14/h3-7,9,11H,8,10H2,1-2H3,(H,17,18). The fourth-order valence-electron chi connectivity index (χ4n) is 1.63. The molecule has 0 aliphatic heterocycles. The quantitative estimate of drug-likeness (QED) is 0.909. The highest BCUT2D eigenvalue weighted by atomic mass is 16.5. The number of furan rings is 1.